The Balaban J connectivity index is 0.000000157. The minimum atomic E-state index is -1.07. The number of halogens is 1. The normalized spacial score (nSPS) is 15.9. The maximum Gasteiger partial charge on any atom is 0.498 e. The van der Waals surface area contributed by atoms with Crippen molar-refractivity contribution in [2.45, 2.75) is 209 Å². The van der Waals surface area contributed by atoms with Gasteiger partial charge in [-0.05, 0) is 233 Å². The summed E-state index contributed by atoms with van der Waals surface area (Å²) in [6.07, 6.45) is 14.5. The standard InChI is InChI=1S/C26H32N2O4S.C24H28N2O4S.C22H27ClO4S.C10H17BN2O2/c1-7-30-25(29)23(32-26(3,4)5)21-16(2)33-24(19-14-27-28(6)15-19)22(21)18-10-11-20-17(13-18)9-8-12-31-20;1-14-19(21(23(27)28)30-24(2,3)4)20(22(31-14)17-12-25-26(5)13-17)16-8-9-18-15(11-16)7-6-10-29-18;1-6-25-21(24)19(27-22(3,4)5)17-13(2)28-20(23)18(17)15-9-10-16-14(12-15)8-7-11-26-16;1-9(2)10(3,4)15-11(14-9)8-6-12-13(5)7-8/h10-11,13-15,23H,7-9,12H2,1-6H3;8-9,11-13,21H,6-7,10H2,1-5H3,(H,27,28);9-10,12,19H,6-8,11H2,1-5H3;6-7H,1-5H3. The summed E-state index contributed by atoms with van der Waals surface area (Å²) in [7, 11) is 5.37. The number of carbonyl (C=O) groups excluding carboxylic acids is 2. The zero-order valence-electron chi connectivity index (χ0n) is 65.8. The number of fused-ring (bicyclic) bond motifs is 3. The van der Waals surface area contributed by atoms with Gasteiger partial charge in [-0.25, -0.2) is 14.4 Å². The van der Waals surface area contributed by atoms with Crippen LogP contribution < -0.4 is 19.7 Å². The summed E-state index contributed by atoms with van der Waals surface area (Å²) in [6, 6.07) is 18.6. The second kappa shape index (κ2) is 33.7. The number of benzene rings is 3. The largest absolute Gasteiger partial charge is 0.498 e. The first-order valence-corrected chi connectivity index (χ1v) is 39.4. The van der Waals surface area contributed by atoms with Crippen LogP contribution in [0.25, 0.3) is 54.3 Å². The summed E-state index contributed by atoms with van der Waals surface area (Å²) in [5.74, 6) is 1.02. The van der Waals surface area contributed by atoms with Crippen molar-refractivity contribution in [1.29, 1.82) is 0 Å². The molecule has 25 heteroatoms. The number of rotatable bonds is 17. The molecule has 13 rings (SSSR count). The molecule has 0 saturated carbocycles. The van der Waals surface area contributed by atoms with Crippen molar-refractivity contribution in [3.8, 4) is 71.5 Å². The second-order valence-electron chi connectivity index (χ2n) is 31.1. The van der Waals surface area contributed by atoms with Crippen LogP contribution in [-0.2, 0) is 87.8 Å². The van der Waals surface area contributed by atoms with Gasteiger partial charge >= 0.3 is 25.0 Å². The number of carboxylic acids is 1. The number of aryl methyl sites for hydroxylation is 9. The number of carboxylic acid groups (broad SMARTS) is 1. The molecule has 6 aromatic heterocycles. The Morgan fingerprint density at radius 2 is 0.869 bits per heavy atom. The third kappa shape index (κ3) is 19.7. The summed E-state index contributed by atoms with van der Waals surface area (Å²) in [4.78, 5) is 43.3. The van der Waals surface area contributed by atoms with Crippen LogP contribution in [0, 0.1) is 20.8 Å². The third-order valence-electron chi connectivity index (χ3n) is 18.6. The molecule has 20 nitrogen and oxygen atoms in total. The minimum Gasteiger partial charge on any atom is -0.493 e. The predicted molar refractivity (Wildman–Crippen MR) is 425 cm³/mol. The summed E-state index contributed by atoms with van der Waals surface area (Å²) in [5.41, 5.74) is 12.4. The molecule has 4 aliphatic heterocycles. The lowest BCUT2D eigenvalue weighted by Gasteiger charge is -2.32. The van der Waals surface area contributed by atoms with E-state index in [4.69, 9.17) is 58.8 Å². The van der Waals surface area contributed by atoms with E-state index in [0.717, 1.165) is 167 Å². The molecule has 3 aromatic carbocycles. The molecule has 1 fully saturated rings. The Labute approximate surface area is 647 Å². The summed E-state index contributed by atoms with van der Waals surface area (Å²) < 4.78 is 64.4. The van der Waals surface area contributed by atoms with E-state index in [1.807, 2.05) is 200 Å². The van der Waals surface area contributed by atoms with E-state index in [2.05, 4.69) is 39.6 Å². The lowest BCUT2D eigenvalue weighted by molar-refractivity contribution is -0.167. The first-order valence-electron chi connectivity index (χ1n) is 36.6. The zero-order chi connectivity index (χ0) is 77.8. The Bertz CT molecular complexity index is 4620. The molecule has 107 heavy (non-hydrogen) atoms. The van der Waals surface area contributed by atoms with E-state index in [-0.39, 0.29) is 24.3 Å². The molecule has 0 bridgehead atoms. The first-order chi connectivity index (χ1) is 50.3. The zero-order valence-corrected chi connectivity index (χ0v) is 69.0. The Kier molecular flexibility index (Phi) is 25.8. The number of ether oxygens (including phenoxy) is 8. The monoisotopic (exact) mass is 1540 g/mol. The van der Waals surface area contributed by atoms with Crippen molar-refractivity contribution in [1.82, 2.24) is 29.3 Å². The highest BCUT2D eigenvalue weighted by Gasteiger charge is 2.52. The van der Waals surface area contributed by atoms with Crippen molar-refractivity contribution >= 4 is 76.1 Å². The van der Waals surface area contributed by atoms with Gasteiger partial charge in [-0.2, -0.15) is 15.3 Å². The number of esters is 2. The van der Waals surface area contributed by atoms with Gasteiger partial charge in [0.1, 0.15) is 21.6 Å². The van der Waals surface area contributed by atoms with Gasteiger partial charge in [-0.1, -0.05) is 29.8 Å². The quantitative estimate of drug-likeness (QED) is 0.0662. The predicted octanol–water partition coefficient (Wildman–Crippen LogP) is 18.1. The molecule has 0 amide bonds. The number of thiophene rings is 3. The molecular formula is C82H104BClN6O14S3. The average molecular weight is 1540 g/mol. The molecule has 9 aromatic rings. The van der Waals surface area contributed by atoms with E-state index >= 15 is 0 Å². The van der Waals surface area contributed by atoms with Crippen LogP contribution in [0.5, 0.6) is 17.2 Å². The average Bonchev–Trinajstić information content (AvgIpc) is 1.63. The van der Waals surface area contributed by atoms with Crippen molar-refractivity contribution in [3.05, 3.63) is 144 Å². The van der Waals surface area contributed by atoms with Gasteiger partial charge < -0.3 is 52.3 Å². The molecule has 4 aliphatic rings. The fraction of sp³-hybridized carbons (Fsp3) is 0.488. The number of carbonyl (C=O) groups is 3. The number of hydrogen-bond donors (Lipinski definition) is 1. The molecule has 3 atom stereocenters. The van der Waals surface area contributed by atoms with Crippen molar-refractivity contribution < 1.29 is 66.7 Å². The topological polar surface area (TPSA) is 217 Å². The van der Waals surface area contributed by atoms with Crippen LogP contribution in [0.1, 0.15) is 189 Å². The van der Waals surface area contributed by atoms with Gasteiger partial charge in [0.05, 0.1) is 73.4 Å². The smallest absolute Gasteiger partial charge is 0.493 e. The molecule has 1 saturated heterocycles. The van der Waals surface area contributed by atoms with Crippen LogP contribution in [0.4, 0.5) is 0 Å². The fourth-order valence-corrected chi connectivity index (χ4v) is 17.0. The van der Waals surface area contributed by atoms with Crippen molar-refractivity contribution in [2.24, 2.45) is 21.1 Å². The van der Waals surface area contributed by atoms with Crippen LogP contribution in [-0.4, -0.2) is 121 Å². The number of aromatic nitrogens is 6. The summed E-state index contributed by atoms with van der Waals surface area (Å²) in [6.45, 7) is 37.9. The first kappa shape index (κ1) is 81.9. The SMILES string of the molecule is CCOC(=O)C(OC(C)(C)C)c1c(C)sc(-c2cnn(C)c2)c1-c1ccc2c(c1)CCCO2.CCOC(=O)C(OC(C)(C)C)c1c(C)sc(Cl)c1-c1ccc2c(c1)CCCO2.Cc1sc(-c2cnn(C)c2)c(-c2ccc3c(c2)CCCO3)c1C(OC(C)(C)C)C(=O)O.Cn1cc(B2OC(C)(C)C(C)(C)O2)cn1. The van der Waals surface area contributed by atoms with Crippen LogP contribution in [0.2, 0.25) is 4.34 Å². The van der Waals surface area contributed by atoms with E-state index in [1.54, 1.807) is 49.8 Å². The number of nitrogens with zero attached hydrogens (tertiary/aromatic N) is 6. The molecule has 3 unspecified atom stereocenters. The highest BCUT2D eigenvalue weighted by molar-refractivity contribution is 7.17. The van der Waals surface area contributed by atoms with Crippen molar-refractivity contribution in [3.63, 3.8) is 0 Å². The molecule has 0 aliphatic carbocycles. The van der Waals surface area contributed by atoms with Gasteiger partial charge in [-0.3, -0.25) is 14.0 Å². The van der Waals surface area contributed by atoms with Gasteiger partial charge in [0.15, 0.2) is 18.3 Å². The van der Waals surface area contributed by atoms with Crippen LogP contribution in [0.15, 0.2) is 91.8 Å². The van der Waals surface area contributed by atoms with E-state index in [0.29, 0.717) is 23.1 Å². The summed E-state index contributed by atoms with van der Waals surface area (Å²) in [5, 5.41) is 22.9. The second-order valence-corrected chi connectivity index (χ2v) is 35.4. The Morgan fingerprint density at radius 1 is 0.523 bits per heavy atom. The summed E-state index contributed by atoms with van der Waals surface area (Å²) >= 11 is 11.3. The molecule has 0 spiro atoms. The molecular weight excluding hydrogens is 1440 g/mol. The van der Waals surface area contributed by atoms with Gasteiger partial charge in [0, 0.05) is 120 Å². The van der Waals surface area contributed by atoms with Crippen molar-refractivity contribution in [2.75, 3.05) is 33.0 Å². The number of aliphatic carboxylic acids is 1. The number of hydrogen-bond acceptors (Lipinski definition) is 19. The molecule has 10 heterocycles. The van der Waals surface area contributed by atoms with E-state index in [9.17, 15) is 19.5 Å². The van der Waals surface area contributed by atoms with Gasteiger partial charge in [0.25, 0.3) is 0 Å². The fourth-order valence-electron chi connectivity index (χ4n) is 13.2. The molecule has 574 valence electrons. The third-order valence-corrected chi connectivity index (χ3v) is 22.2. The maximum absolute atomic E-state index is 13.2. The highest BCUT2D eigenvalue weighted by atomic mass is 35.5. The molecule has 0 radical (unpaired) electrons. The lowest BCUT2D eigenvalue weighted by atomic mass is 9.82. The van der Waals surface area contributed by atoms with Gasteiger partial charge in [-0.15, -0.1) is 34.0 Å². The van der Waals surface area contributed by atoms with Crippen LogP contribution in [0.3, 0.4) is 0 Å². The maximum atomic E-state index is 13.2. The van der Waals surface area contributed by atoms with E-state index in [1.165, 1.54) is 22.5 Å². The van der Waals surface area contributed by atoms with Gasteiger partial charge in [0.2, 0.25) is 0 Å². The lowest BCUT2D eigenvalue weighted by Crippen LogP contribution is -2.41. The Hall–Kier alpha value is -7.65. The molecule has 1 N–H and O–H groups in total. The highest BCUT2D eigenvalue weighted by Crippen LogP contribution is 2.52. The Morgan fingerprint density at radius 3 is 1.21 bits per heavy atom. The minimum absolute atomic E-state index is 0.284. The van der Waals surface area contributed by atoms with E-state index < -0.39 is 47.1 Å². The van der Waals surface area contributed by atoms with Crippen LogP contribution >= 0.6 is 45.6 Å².